The van der Waals surface area contributed by atoms with E-state index in [0.29, 0.717) is 27.2 Å². The molecule has 2 aromatic carbocycles. The largest absolute Gasteiger partial charge is 0.496 e. The number of halogens is 2. The number of nitrogens with one attached hydrogen (secondary N) is 1. The van der Waals surface area contributed by atoms with Crippen molar-refractivity contribution in [1.82, 2.24) is 0 Å². The highest BCUT2D eigenvalue weighted by Crippen LogP contribution is 2.35. The third-order valence-corrected chi connectivity index (χ3v) is 4.03. The molecule has 1 N–H and O–H groups in total. The third-order valence-electron chi connectivity index (χ3n) is 3.46. The van der Waals surface area contributed by atoms with Gasteiger partial charge in [-0.25, -0.2) is 4.79 Å². The summed E-state index contributed by atoms with van der Waals surface area (Å²) >= 11 is 11.8. The Morgan fingerprint density at radius 1 is 0.926 bits per heavy atom. The van der Waals surface area contributed by atoms with Crippen LogP contribution >= 0.6 is 23.2 Å². The molecule has 0 heterocycles. The standard InChI is InChI=1S/C18H17Cl2NO6/c1-24-14-8-16(26-3)15(25-2)7-11(14)18(23)27-9-17(22)21-13-6-10(19)4-5-12(13)20/h4-8H,9H2,1-3H3,(H,21,22). The van der Waals surface area contributed by atoms with Gasteiger partial charge < -0.3 is 24.3 Å². The average molecular weight is 414 g/mol. The molecule has 0 aliphatic rings. The van der Waals surface area contributed by atoms with Crippen molar-refractivity contribution in [1.29, 1.82) is 0 Å². The molecule has 2 aromatic rings. The van der Waals surface area contributed by atoms with Crippen molar-refractivity contribution in [2.45, 2.75) is 0 Å². The summed E-state index contributed by atoms with van der Waals surface area (Å²) in [5.41, 5.74) is 0.401. The van der Waals surface area contributed by atoms with Crippen molar-refractivity contribution in [3.8, 4) is 17.2 Å². The van der Waals surface area contributed by atoms with Crippen LogP contribution in [0.2, 0.25) is 10.0 Å². The van der Waals surface area contributed by atoms with E-state index in [1.807, 2.05) is 0 Å². The van der Waals surface area contributed by atoms with Crippen molar-refractivity contribution >= 4 is 40.8 Å². The van der Waals surface area contributed by atoms with Crippen molar-refractivity contribution in [3.05, 3.63) is 45.9 Å². The molecule has 0 saturated carbocycles. The number of anilines is 1. The SMILES string of the molecule is COc1cc(OC)c(C(=O)OCC(=O)Nc2cc(Cl)ccc2Cl)cc1OC. The Morgan fingerprint density at radius 2 is 1.56 bits per heavy atom. The minimum Gasteiger partial charge on any atom is -0.496 e. The molecule has 0 spiro atoms. The smallest absolute Gasteiger partial charge is 0.342 e. The summed E-state index contributed by atoms with van der Waals surface area (Å²) in [6, 6.07) is 7.51. The molecular weight excluding hydrogens is 397 g/mol. The number of carbonyl (C=O) groups excluding carboxylic acids is 2. The number of methoxy groups -OCH3 is 3. The Bertz CT molecular complexity index is 856. The number of rotatable bonds is 7. The first-order valence-electron chi connectivity index (χ1n) is 7.61. The van der Waals surface area contributed by atoms with E-state index in [2.05, 4.69) is 5.32 Å². The van der Waals surface area contributed by atoms with Crippen LogP contribution in [-0.2, 0) is 9.53 Å². The highest BCUT2D eigenvalue weighted by atomic mass is 35.5. The van der Waals surface area contributed by atoms with Gasteiger partial charge in [0.2, 0.25) is 0 Å². The fraction of sp³-hybridized carbons (Fsp3) is 0.222. The zero-order chi connectivity index (χ0) is 20.0. The summed E-state index contributed by atoms with van der Waals surface area (Å²) in [5, 5.41) is 3.23. The van der Waals surface area contributed by atoms with Crippen LogP contribution in [-0.4, -0.2) is 39.8 Å². The quantitative estimate of drug-likeness (QED) is 0.694. The van der Waals surface area contributed by atoms with Crippen LogP contribution in [0.3, 0.4) is 0 Å². The van der Waals surface area contributed by atoms with E-state index in [4.69, 9.17) is 42.1 Å². The minimum absolute atomic E-state index is 0.0868. The normalized spacial score (nSPS) is 10.1. The molecule has 144 valence electrons. The van der Waals surface area contributed by atoms with Crippen LogP contribution in [0.15, 0.2) is 30.3 Å². The fourth-order valence-corrected chi connectivity index (χ4v) is 2.51. The molecule has 27 heavy (non-hydrogen) atoms. The molecule has 7 nitrogen and oxygen atoms in total. The summed E-state index contributed by atoms with van der Waals surface area (Å²) in [6.45, 7) is -0.529. The lowest BCUT2D eigenvalue weighted by Crippen LogP contribution is -2.21. The Kier molecular flexibility index (Phi) is 7.15. The molecule has 2 rings (SSSR count). The first-order chi connectivity index (χ1) is 12.9. The maximum Gasteiger partial charge on any atom is 0.342 e. The summed E-state index contributed by atoms with van der Waals surface area (Å²) in [7, 11) is 4.29. The van der Waals surface area contributed by atoms with Crippen molar-refractivity contribution in [2.24, 2.45) is 0 Å². The van der Waals surface area contributed by atoms with E-state index in [9.17, 15) is 9.59 Å². The molecule has 0 fully saturated rings. The van der Waals surface area contributed by atoms with Gasteiger partial charge >= 0.3 is 5.97 Å². The first kappa shape index (κ1) is 20.7. The number of carbonyl (C=O) groups is 2. The van der Waals surface area contributed by atoms with Gasteiger partial charge in [-0.15, -0.1) is 0 Å². The van der Waals surface area contributed by atoms with Gasteiger partial charge in [0.15, 0.2) is 18.1 Å². The average Bonchev–Trinajstić information content (AvgIpc) is 2.67. The number of benzene rings is 2. The molecule has 0 aromatic heterocycles. The van der Waals surface area contributed by atoms with Gasteiger partial charge in [0.1, 0.15) is 11.3 Å². The maximum atomic E-state index is 12.3. The number of esters is 1. The zero-order valence-electron chi connectivity index (χ0n) is 14.8. The van der Waals surface area contributed by atoms with Gasteiger partial charge in [-0.2, -0.15) is 0 Å². The van der Waals surface area contributed by atoms with Gasteiger partial charge in [0, 0.05) is 17.2 Å². The van der Waals surface area contributed by atoms with Gasteiger partial charge in [-0.1, -0.05) is 23.2 Å². The fourth-order valence-electron chi connectivity index (χ4n) is 2.18. The van der Waals surface area contributed by atoms with Gasteiger partial charge in [-0.3, -0.25) is 4.79 Å². The van der Waals surface area contributed by atoms with E-state index in [0.717, 1.165) is 0 Å². The van der Waals surface area contributed by atoms with E-state index in [1.54, 1.807) is 12.1 Å². The van der Waals surface area contributed by atoms with Gasteiger partial charge in [-0.05, 0) is 18.2 Å². The molecule has 0 aliphatic carbocycles. The number of ether oxygens (including phenoxy) is 4. The first-order valence-corrected chi connectivity index (χ1v) is 8.37. The highest BCUT2D eigenvalue weighted by molar-refractivity contribution is 6.35. The molecule has 0 atom stereocenters. The van der Waals surface area contributed by atoms with Crippen LogP contribution < -0.4 is 19.5 Å². The minimum atomic E-state index is -0.764. The van der Waals surface area contributed by atoms with E-state index in [-0.39, 0.29) is 11.3 Å². The summed E-state index contributed by atoms with van der Waals surface area (Å²) in [6.07, 6.45) is 0. The maximum absolute atomic E-state index is 12.3. The second kappa shape index (κ2) is 9.34. The molecule has 9 heteroatoms. The lowest BCUT2D eigenvalue weighted by Gasteiger charge is -2.13. The Labute approximate surface area is 166 Å². The van der Waals surface area contributed by atoms with Crippen LogP contribution in [0.25, 0.3) is 0 Å². The van der Waals surface area contributed by atoms with Crippen LogP contribution in [0, 0.1) is 0 Å². The summed E-state index contributed by atoms with van der Waals surface area (Å²) in [5.74, 6) is -0.414. The topological polar surface area (TPSA) is 83.1 Å². The van der Waals surface area contributed by atoms with E-state index >= 15 is 0 Å². The molecule has 1 amide bonds. The molecular formula is C18H17Cl2NO6. The predicted octanol–water partition coefficient (Wildman–Crippen LogP) is 3.81. The van der Waals surface area contributed by atoms with Gasteiger partial charge in [0.25, 0.3) is 5.91 Å². The van der Waals surface area contributed by atoms with Crippen molar-refractivity contribution < 1.29 is 28.5 Å². The van der Waals surface area contributed by atoms with E-state index in [1.165, 1.54) is 39.5 Å². The van der Waals surface area contributed by atoms with Gasteiger partial charge in [0.05, 0.1) is 32.0 Å². The summed E-state index contributed by atoms with van der Waals surface area (Å²) < 4.78 is 20.5. The summed E-state index contributed by atoms with van der Waals surface area (Å²) in [4.78, 5) is 24.4. The van der Waals surface area contributed by atoms with Crippen LogP contribution in [0.1, 0.15) is 10.4 Å². The Morgan fingerprint density at radius 3 is 2.19 bits per heavy atom. The van der Waals surface area contributed by atoms with E-state index < -0.39 is 18.5 Å². The Hall–Kier alpha value is -2.64. The molecule has 0 unspecified atom stereocenters. The van der Waals surface area contributed by atoms with Crippen LogP contribution in [0.4, 0.5) is 5.69 Å². The molecule has 0 saturated heterocycles. The molecule has 0 radical (unpaired) electrons. The highest BCUT2D eigenvalue weighted by Gasteiger charge is 2.20. The van der Waals surface area contributed by atoms with Crippen LogP contribution in [0.5, 0.6) is 17.2 Å². The number of hydrogen-bond donors (Lipinski definition) is 1. The van der Waals surface area contributed by atoms with Crippen molar-refractivity contribution in [3.63, 3.8) is 0 Å². The number of amides is 1. The lowest BCUT2D eigenvalue weighted by atomic mass is 10.1. The van der Waals surface area contributed by atoms with Crippen molar-refractivity contribution in [2.75, 3.05) is 33.3 Å². The number of hydrogen-bond acceptors (Lipinski definition) is 6. The molecule has 0 aliphatic heterocycles. The second-order valence-corrected chi connectivity index (χ2v) is 6.00. The zero-order valence-corrected chi connectivity index (χ0v) is 16.3. The Balaban J connectivity index is 2.08. The third kappa shape index (κ3) is 5.18. The second-order valence-electron chi connectivity index (χ2n) is 5.16. The molecule has 0 bridgehead atoms. The monoisotopic (exact) mass is 413 g/mol. The lowest BCUT2D eigenvalue weighted by molar-refractivity contribution is -0.119. The predicted molar refractivity (Wildman–Crippen MR) is 101 cm³/mol.